The molecule has 33 heavy (non-hydrogen) atoms. The maximum atomic E-state index is 12.1. The van der Waals surface area contributed by atoms with Crippen LogP contribution in [-0.2, 0) is 22.5 Å². The monoisotopic (exact) mass is 445 g/mol. The summed E-state index contributed by atoms with van der Waals surface area (Å²) in [7, 11) is 4.69. The summed E-state index contributed by atoms with van der Waals surface area (Å²) in [5, 5.41) is 0. The maximum Gasteiger partial charge on any atom is 0.325 e. The number of benzene rings is 2. The number of methoxy groups -OCH3 is 3. The molecule has 0 radical (unpaired) electrons. The SMILES string of the molecule is CCc1ccc(-c2cc(-c3ccc(OC)cc3)c(-c3ccc(OC)cc3)o2)n1CC(=O)OC. The van der Waals surface area contributed by atoms with E-state index in [1.165, 1.54) is 7.11 Å². The predicted molar refractivity (Wildman–Crippen MR) is 128 cm³/mol. The van der Waals surface area contributed by atoms with Gasteiger partial charge in [0.1, 0.15) is 23.8 Å². The first-order valence-corrected chi connectivity index (χ1v) is 10.8. The van der Waals surface area contributed by atoms with Crippen molar-refractivity contribution in [3.8, 4) is 45.4 Å². The second-order valence-electron chi connectivity index (χ2n) is 7.54. The van der Waals surface area contributed by atoms with Crippen molar-refractivity contribution in [2.45, 2.75) is 19.9 Å². The van der Waals surface area contributed by atoms with Gasteiger partial charge in [-0.25, -0.2) is 0 Å². The van der Waals surface area contributed by atoms with Gasteiger partial charge in [-0.2, -0.15) is 0 Å². The van der Waals surface area contributed by atoms with Crippen molar-refractivity contribution in [1.82, 2.24) is 4.57 Å². The zero-order chi connectivity index (χ0) is 23.4. The Balaban J connectivity index is 1.86. The molecule has 0 saturated heterocycles. The van der Waals surface area contributed by atoms with Crippen LogP contribution in [0.25, 0.3) is 33.9 Å². The van der Waals surface area contributed by atoms with Crippen molar-refractivity contribution >= 4 is 5.97 Å². The van der Waals surface area contributed by atoms with Crippen molar-refractivity contribution in [2.75, 3.05) is 21.3 Å². The van der Waals surface area contributed by atoms with E-state index < -0.39 is 0 Å². The third kappa shape index (κ3) is 4.51. The molecular formula is C27H27NO5. The lowest BCUT2D eigenvalue weighted by atomic mass is 10.0. The molecule has 0 N–H and O–H groups in total. The van der Waals surface area contributed by atoms with Crippen molar-refractivity contribution < 1.29 is 23.4 Å². The number of aromatic nitrogens is 1. The maximum absolute atomic E-state index is 12.1. The Kier molecular flexibility index (Phi) is 6.54. The molecule has 2 aromatic heterocycles. The molecule has 0 spiro atoms. The molecule has 0 fully saturated rings. The Morgan fingerprint density at radius 3 is 2.00 bits per heavy atom. The van der Waals surface area contributed by atoms with E-state index in [9.17, 15) is 4.79 Å². The molecule has 0 unspecified atom stereocenters. The normalized spacial score (nSPS) is 10.8. The number of esters is 1. The van der Waals surface area contributed by atoms with Gasteiger partial charge in [-0.3, -0.25) is 4.79 Å². The zero-order valence-corrected chi connectivity index (χ0v) is 19.3. The second kappa shape index (κ2) is 9.69. The van der Waals surface area contributed by atoms with Crippen molar-refractivity contribution in [3.05, 3.63) is 72.4 Å². The molecule has 0 aliphatic heterocycles. The minimum atomic E-state index is -0.306. The highest BCUT2D eigenvalue weighted by Gasteiger charge is 2.20. The van der Waals surface area contributed by atoms with E-state index in [4.69, 9.17) is 18.6 Å². The number of hydrogen-bond donors (Lipinski definition) is 0. The Bertz CT molecular complexity index is 1170. The average Bonchev–Trinajstić information content (AvgIpc) is 3.48. The quantitative estimate of drug-likeness (QED) is 0.319. The first kappa shape index (κ1) is 22.3. The molecule has 170 valence electrons. The largest absolute Gasteiger partial charge is 0.497 e. The van der Waals surface area contributed by atoms with Crippen LogP contribution in [0.1, 0.15) is 12.6 Å². The number of hydrogen-bond acceptors (Lipinski definition) is 5. The van der Waals surface area contributed by atoms with Crippen LogP contribution < -0.4 is 9.47 Å². The van der Waals surface area contributed by atoms with E-state index in [1.807, 2.05) is 71.3 Å². The Morgan fingerprint density at radius 2 is 1.45 bits per heavy atom. The minimum absolute atomic E-state index is 0.123. The molecule has 6 nitrogen and oxygen atoms in total. The second-order valence-corrected chi connectivity index (χ2v) is 7.54. The highest BCUT2D eigenvalue weighted by Crippen LogP contribution is 2.40. The van der Waals surface area contributed by atoms with E-state index in [0.29, 0.717) is 5.76 Å². The fourth-order valence-electron chi connectivity index (χ4n) is 3.87. The minimum Gasteiger partial charge on any atom is -0.497 e. The Hall–Kier alpha value is -3.93. The highest BCUT2D eigenvalue weighted by molar-refractivity contribution is 5.84. The molecule has 0 bridgehead atoms. The number of nitrogens with zero attached hydrogens (tertiary/aromatic N) is 1. The molecule has 0 amide bonds. The van der Waals surface area contributed by atoms with Crippen molar-refractivity contribution in [1.29, 1.82) is 0 Å². The van der Waals surface area contributed by atoms with E-state index in [1.54, 1.807) is 14.2 Å². The van der Waals surface area contributed by atoms with E-state index >= 15 is 0 Å². The van der Waals surface area contributed by atoms with Crippen LogP contribution in [0.15, 0.2) is 71.1 Å². The number of carbonyl (C=O) groups excluding carboxylic acids is 1. The lowest BCUT2D eigenvalue weighted by molar-refractivity contribution is -0.141. The average molecular weight is 446 g/mol. The molecule has 0 aliphatic rings. The van der Waals surface area contributed by atoms with Gasteiger partial charge in [0, 0.05) is 16.8 Å². The molecule has 6 heteroatoms. The van der Waals surface area contributed by atoms with E-state index in [0.717, 1.165) is 51.8 Å². The van der Waals surface area contributed by atoms with Gasteiger partial charge in [0.2, 0.25) is 0 Å². The number of rotatable bonds is 8. The Labute approximate surface area is 193 Å². The smallest absolute Gasteiger partial charge is 0.325 e. The fourth-order valence-corrected chi connectivity index (χ4v) is 3.87. The molecule has 2 heterocycles. The summed E-state index contributed by atoms with van der Waals surface area (Å²) in [4.78, 5) is 12.1. The zero-order valence-electron chi connectivity index (χ0n) is 19.3. The first-order chi connectivity index (χ1) is 16.1. The molecule has 0 saturated carbocycles. The van der Waals surface area contributed by atoms with Crippen molar-refractivity contribution in [3.63, 3.8) is 0 Å². The summed E-state index contributed by atoms with van der Waals surface area (Å²) in [6.07, 6.45) is 0.786. The number of aryl methyl sites for hydroxylation is 1. The van der Waals surface area contributed by atoms with Gasteiger partial charge in [-0.05, 0) is 66.6 Å². The third-order valence-corrected chi connectivity index (χ3v) is 5.69. The van der Waals surface area contributed by atoms with Crippen LogP contribution in [0.4, 0.5) is 0 Å². The van der Waals surface area contributed by atoms with E-state index in [-0.39, 0.29) is 12.5 Å². The summed E-state index contributed by atoms with van der Waals surface area (Å²) in [5.74, 6) is 2.67. The molecular weight excluding hydrogens is 418 g/mol. The molecule has 0 atom stereocenters. The van der Waals surface area contributed by atoms with Gasteiger partial charge in [0.05, 0.1) is 27.0 Å². The van der Waals surface area contributed by atoms with Gasteiger partial charge >= 0.3 is 5.97 Å². The first-order valence-electron chi connectivity index (χ1n) is 10.8. The lowest BCUT2D eigenvalue weighted by Crippen LogP contribution is -2.14. The summed E-state index contributed by atoms with van der Waals surface area (Å²) in [6, 6.07) is 21.6. The molecule has 4 rings (SSSR count). The fraction of sp³-hybridized carbons (Fsp3) is 0.222. The summed E-state index contributed by atoms with van der Waals surface area (Å²) >= 11 is 0. The number of carbonyl (C=O) groups is 1. The van der Waals surface area contributed by atoms with Crippen LogP contribution >= 0.6 is 0 Å². The number of furan rings is 1. The Morgan fingerprint density at radius 1 is 0.848 bits per heavy atom. The van der Waals surface area contributed by atoms with Crippen LogP contribution in [-0.4, -0.2) is 31.9 Å². The summed E-state index contributed by atoms with van der Waals surface area (Å²) in [5.41, 5.74) is 4.73. The third-order valence-electron chi connectivity index (χ3n) is 5.69. The van der Waals surface area contributed by atoms with E-state index in [2.05, 4.69) is 6.92 Å². The van der Waals surface area contributed by atoms with Gasteiger partial charge in [0.25, 0.3) is 0 Å². The van der Waals surface area contributed by atoms with Gasteiger partial charge in [-0.15, -0.1) is 0 Å². The van der Waals surface area contributed by atoms with Crippen molar-refractivity contribution in [2.24, 2.45) is 0 Å². The standard InChI is InChI=1S/C27H27NO5/c1-5-20-10-15-24(28(20)17-26(29)32-4)25-16-23(18-6-11-21(30-2)12-7-18)27(33-25)19-8-13-22(31-3)14-9-19/h6-16H,5,17H2,1-4H3. The molecule has 2 aromatic carbocycles. The predicted octanol–water partition coefficient (Wildman–Crippen LogP) is 5.83. The van der Waals surface area contributed by atoms with Gasteiger partial charge < -0.3 is 23.2 Å². The molecule has 0 aliphatic carbocycles. The van der Waals surface area contributed by atoms with Gasteiger partial charge in [0.15, 0.2) is 5.76 Å². The van der Waals surface area contributed by atoms with Crippen LogP contribution in [0.5, 0.6) is 11.5 Å². The highest BCUT2D eigenvalue weighted by atomic mass is 16.5. The lowest BCUT2D eigenvalue weighted by Gasteiger charge is -2.10. The topological polar surface area (TPSA) is 62.8 Å². The number of ether oxygens (including phenoxy) is 3. The summed E-state index contributed by atoms with van der Waals surface area (Å²) < 4.78 is 23.9. The van der Waals surface area contributed by atoms with Gasteiger partial charge in [-0.1, -0.05) is 19.1 Å². The summed E-state index contributed by atoms with van der Waals surface area (Å²) in [6.45, 7) is 2.18. The van der Waals surface area contributed by atoms with Crippen LogP contribution in [0.2, 0.25) is 0 Å². The van der Waals surface area contributed by atoms with Crippen LogP contribution in [0, 0.1) is 0 Å². The molecule has 4 aromatic rings. The van der Waals surface area contributed by atoms with Crippen LogP contribution in [0.3, 0.4) is 0 Å².